The second-order valence-electron chi connectivity index (χ2n) is 10.8. The van der Waals surface area contributed by atoms with E-state index in [1.54, 1.807) is 0 Å². The molecule has 0 spiro atoms. The largest absolute Gasteiger partial charge is 0.310 e. The SMILES string of the molecule is CCC1(CC)c2cc(C#C[Si](C)(C)C)ccc2-c2ccc(N(c3ccccc3)c3ccccc3)cc21. The van der Waals surface area contributed by atoms with Crippen molar-refractivity contribution in [3.05, 3.63) is 114 Å². The van der Waals surface area contributed by atoms with Crippen molar-refractivity contribution in [2.75, 3.05) is 4.90 Å². The highest BCUT2D eigenvalue weighted by molar-refractivity contribution is 6.83. The van der Waals surface area contributed by atoms with Gasteiger partial charge in [-0.15, -0.1) is 5.54 Å². The molecule has 0 saturated carbocycles. The van der Waals surface area contributed by atoms with Crippen LogP contribution in [0.15, 0.2) is 97.1 Å². The first kappa shape index (κ1) is 24.2. The number of nitrogens with zero attached hydrogens (tertiary/aromatic N) is 1. The van der Waals surface area contributed by atoms with E-state index < -0.39 is 8.07 Å². The number of anilines is 3. The minimum Gasteiger partial charge on any atom is -0.310 e. The monoisotopic (exact) mass is 485 g/mol. The van der Waals surface area contributed by atoms with Gasteiger partial charge in [-0.05, 0) is 83.6 Å². The first-order valence-electron chi connectivity index (χ1n) is 13.1. The summed E-state index contributed by atoms with van der Waals surface area (Å²) >= 11 is 0. The zero-order chi connectivity index (χ0) is 25.3. The van der Waals surface area contributed by atoms with Crippen molar-refractivity contribution in [1.82, 2.24) is 0 Å². The molecule has 0 N–H and O–H groups in total. The van der Waals surface area contributed by atoms with E-state index in [0.717, 1.165) is 18.4 Å². The van der Waals surface area contributed by atoms with Gasteiger partial charge in [0.15, 0.2) is 0 Å². The quantitative estimate of drug-likeness (QED) is 0.201. The molecule has 2 heteroatoms. The van der Waals surface area contributed by atoms with E-state index in [9.17, 15) is 0 Å². The molecule has 36 heavy (non-hydrogen) atoms. The number of benzene rings is 4. The molecular weight excluding hydrogens is 450 g/mol. The Hall–Kier alpha value is -3.54. The van der Waals surface area contributed by atoms with Gasteiger partial charge in [-0.25, -0.2) is 0 Å². The number of hydrogen-bond acceptors (Lipinski definition) is 1. The Morgan fingerprint density at radius 2 is 1.17 bits per heavy atom. The van der Waals surface area contributed by atoms with E-state index >= 15 is 0 Å². The minimum absolute atomic E-state index is 0.00340. The topological polar surface area (TPSA) is 3.24 Å². The molecular formula is C34H35NSi. The fraction of sp³-hybridized carbons (Fsp3) is 0.235. The molecule has 5 rings (SSSR count). The molecule has 0 amide bonds. The molecule has 0 fully saturated rings. The Balaban J connectivity index is 1.67. The average molecular weight is 486 g/mol. The second kappa shape index (κ2) is 9.49. The highest BCUT2D eigenvalue weighted by Gasteiger charge is 2.41. The molecule has 0 radical (unpaired) electrons. The van der Waals surface area contributed by atoms with Crippen molar-refractivity contribution in [3.63, 3.8) is 0 Å². The Morgan fingerprint density at radius 1 is 0.639 bits per heavy atom. The second-order valence-corrected chi connectivity index (χ2v) is 15.5. The van der Waals surface area contributed by atoms with Crippen LogP contribution in [0.3, 0.4) is 0 Å². The van der Waals surface area contributed by atoms with E-state index in [4.69, 9.17) is 0 Å². The summed E-state index contributed by atoms with van der Waals surface area (Å²) in [6, 6.07) is 35.3. The maximum Gasteiger partial charge on any atom is 0.129 e. The lowest BCUT2D eigenvalue weighted by Crippen LogP contribution is -2.23. The third-order valence-corrected chi connectivity index (χ3v) is 8.29. The molecule has 0 aliphatic heterocycles. The molecule has 0 atom stereocenters. The number of hydrogen-bond donors (Lipinski definition) is 0. The first-order valence-corrected chi connectivity index (χ1v) is 16.6. The molecule has 1 nitrogen and oxygen atoms in total. The van der Waals surface area contributed by atoms with Crippen LogP contribution in [-0.2, 0) is 5.41 Å². The number of rotatable bonds is 5. The molecule has 0 unspecified atom stereocenters. The third-order valence-electron chi connectivity index (χ3n) is 7.42. The fourth-order valence-electron chi connectivity index (χ4n) is 5.57. The van der Waals surface area contributed by atoms with Gasteiger partial charge in [0.25, 0.3) is 0 Å². The van der Waals surface area contributed by atoms with Crippen molar-refractivity contribution >= 4 is 25.1 Å². The third kappa shape index (κ3) is 4.29. The van der Waals surface area contributed by atoms with Gasteiger partial charge in [-0.1, -0.05) is 87.9 Å². The van der Waals surface area contributed by atoms with E-state index in [1.807, 2.05) is 0 Å². The lowest BCUT2D eigenvalue weighted by atomic mass is 9.73. The van der Waals surface area contributed by atoms with E-state index in [1.165, 1.54) is 39.3 Å². The Morgan fingerprint density at radius 3 is 1.69 bits per heavy atom. The van der Waals surface area contributed by atoms with Gasteiger partial charge in [0.05, 0.1) is 0 Å². The van der Waals surface area contributed by atoms with Crippen LogP contribution in [0.5, 0.6) is 0 Å². The first-order chi connectivity index (χ1) is 17.4. The van der Waals surface area contributed by atoms with Crippen molar-refractivity contribution < 1.29 is 0 Å². The summed E-state index contributed by atoms with van der Waals surface area (Å²) < 4.78 is 0. The Bertz CT molecular complexity index is 1390. The summed E-state index contributed by atoms with van der Waals surface area (Å²) in [6.07, 6.45) is 2.13. The van der Waals surface area contributed by atoms with Crippen LogP contribution in [-0.4, -0.2) is 8.07 Å². The van der Waals surface area contributed by atoms with Gasteiger partial charge in [0, 0.05) is 28.0 Å². The van der Waals surface area contributed by atoms with Crippen LogP contribution in [0.1, 0.15) is 43.4 Å². The molecule has 1 aliphatic carbocycles. The molecule has 180 valence electrons. The lowest BCUT2D eigenvalue weighted by Gasteiger charge is -2.31. The van der Waals surface area contributed by atoms with E-state index in [0.29, 0.717) is 0 Å². The van der Waals surface area contributed by atoms with E-state index in [-0.39, 0.29) is 5.41 Å². The predicted molar refractivity (Wildman–Crippen MR) is 158 cm³/mol. The normalized spacial score (nSPS) is 13.4. The van der Waals surface area contributed by atoms with Crippen LogP contribution in [0.25, 0.3) is 11.1 Å². The number of para-hydroxylation sites is 2. The molecule has 4 aromatic rings. The van der Waals surface area contributed by atoms with Gasteiger partial charge >= 0.3 is 0 Å². The van der Waals surface area contributed by atoms with Crippen molar-refractivity contribution in [1.29, 1.82) is 0 Å². The minimum atomic E-state index is -1.43. The maximum absolute atomic E-state index is 3.56. The van der Waals surface area contributed by atoms with E-state index in [2.05, 4.69) is 147 Å². The fourth-order valence-corrected chi connectivity index (χ4v) is 6.09. The summed E-state index contributed by atoms with van der Waals surface area (Å²) in [6.45, 7) is 11.6. The lowest BCUT2D eigenvalue weighted by molar-refractivity contribution is 0.490. The molecule has 0 aromatic heterocycles. The molecule has 0 heterocycles. The van der Waals surface area contributed by atoms with Gasteiger partial charge in [0.2, 0.25) is 0 Å². The summed E-state index contributed by atoms with van der Waals surface area (Å²) in [5.74, 6) is 3.50. The van der Waals surface area contributed by atoms with Crippen molar-refractivity contribution in [2.24, 2.45) is 0 Å². The van der Waals surface area contributed by atoms with Gasteiger partial charge < -0.3 is 4.90 Å². The smallest absolute Gasteiger partial charge is 0.129 e. The molecule has 0 saturated heterocycles. The predicted octanol–water partition coefficient (Wildman–Crippen LogP) is 9.47. The average Bonchev–Trinajstić information content (AvgIpc) is 3.17. The summed E-state index contributed by atoms with van der Waals surface area (Å²) in [7, 11) is -1.43. The van der Waals surface area contributed by atoms with Crippen LogP contribution in [0, 0.1) is 11.5 Å². The molecule has 4 aromatic carbocycles. The highest BCUT2D eigenvalue weighted by Crippen LogP contribution is 2.54. The highest BCUT2D eigenvalue weighted by atomic mass is 28.3. The summed E-state index contributed by atoms with van der Waals surface area (Å²) in [5, 5.41) is 0. The molecule has 0 bridgehead atoms. The molecule has 1 aliphatic rings. The van der Waals surface area contributed by atoms with Crippen molar-refractivity contribution in [2.45, 2.75) is 51.7 Å². The van der Waals surface area contributed by atoms with Crippen LogP contribution >= 0.6 is 0 Å². The standard InChI is InChI=1S/C34H35NSi/c1-6-34(7-2)32-24-26(22-23-36(3,4)5)18-20-30(32)31-21-19-29(25-33(31)34)35(27-14-10-8-11-15-27)28-16-12-9-13-17-28/h8-21,24-25H,6-7H2,1-5H3. The maximum atomic E-state index is 3.56. The Labute approximate surface area is 217 Å². The van der Waals surface area contributed by atoms with Crippen LogP contribution in [0.4, 0.5) is 17.1 Å². The van der Waals surface area contributed by atoms with Crippen molar-refractivity contribution in [3.8, 4) is 22.6 Å². The number of fused-ring (bicyclic) bond motifs is 3. The zero-order valence-electron chi connectivity index (χ0n) is 22.1. The van der Waals surface area contributed by atoms with Gasteiger partial charge in [0.1, 0.15) is 8.07 Å². The van der Waals surface area contributed by atoms with Gasteiger partial charge in [-0.3, -0.25) is 0 Å². The summed E-state index contributed by atoms with van der Waals surface area (Å²) in [5.41, 5.74) is 13.8. The van der Waals surface area contributed by atoms with Crippen LogP contribution in [0.2, 0.25) is 19.6 Å². The Kier molecular flexibility index (Phi) is 6.37. The van der Waals surface area contributed by atoms with Gasteiger partial charge in [-0.2, -0.15) is 0 Å². The summed E-state index contributed by atoms with van der Waals surface area (Å²) in [4.78, 5) is 2.37. The zero-order valence-corrected chi connectivity index (χ0v) is 23.1. The van der Waals surface area contributed by atoms with Crippen LogP contribution < -0.4 is 4.90 Å².